The topological polar surface area (TPSA) is 40.2 Å². The minimum absolute atomic E-state index is 0.160. The summed E-state index contributed by atoms with van der Waals surface area (Å²) in [4.78, 5) is 0. The number of nitrogens with two attached hydrogens (primary N) is 1. The molecule has 0 fully saturated rings. The number of hydrogen-bond acceptors (Lipinski definition) is 2. The summed E-state index contributed by atoms with van der Waals surface area (Å²) in [6, 6.07) is 10.6. The van der Waals surface area contributed by atoms with E-state index in [2.05, 4.69) is 34.9 Å². The molecule has 0 saturated heterocycles. The minimum Gasteiger partial charge on any atom is -0.369 e. The second-order valence-corrected chi connectivity index (χ2v) is 3.97. The Bertz CT molecular complexity index is 489. The highest BCUT2D eigenvalue weighted by molar-refractivity contribution is 5.81. The molecule has 15 heavy (non-hydrogen) atoms. The number of para-hydroxylation sites is 1. The smallest absolute Gasteiger partial charge is 0.0881 e. The lowest BCUT2D eigenvalue weighted by molar-refractivity contribution is 0.0118. The Labute approximate surface area is 88.4 Å². The van der Waals surface area contributed by atoms with Crippen LogP contribution in [0, 0.1) is 0 Å². The van der Waals surface area contributed by atoms with Gasteiger partial charge in [0.15, 0.2) is 0 Å². The maximum atomic E-state index is 5.64. The molecule has 0 bridgehead atoms. The van der Waals surface area contributed by atoms with Crippen LogP contribution in [0.15, 0.2) is 30.3 Å². The maximum Gasteiger partial charge on any atom is 0.0881 e. The SMILES string of the molecule is NCC1Cn2c(cc3ccccc32)CO1. The standard InChI is InChI=1S/C12H14N2O/c13-6-11-7-14-10(8-15-11)5-9-3-1-2-4-12(9)14/h1-5,11H,6-8,13H2. The lowest BCUT2D eigenvalue weighted by Gasteiger charge is -2.24. The molecular weight excluding hydrogens is 188 g/mol. The number of ether oxygens (including phenoxy) is 1. The van der Waals surface area contributed by atoms with E-state index in [0.717, 1.165) is 6.54 Å². The first-order valence-electron chi connectivity index (χ1n) is 5.27. The Morgan fingerprint density at radius 1 is 1.40 bits per heavy atom. The van der Waals surface area contributed by atoms with E-state index in [9.17, 15) is 0 Å². The van der Waals surface area contributed by atoms with Gasteiger partial charge in [0, 0.05) is 17.8 Å². The zero-order valence-corrected chi connectivity index (χ0v) is 8.52. The number of hydrogen-bond donors (Lipinski definition) is 1. The second kappa shape index (κ2) is 3.36. The molecule has 2 heterocycles. The van der Waals surface area contributed by atoms with Crippen LogP contribution in [0.3, 0.4) is 0 Å². The van der Waals surface area contributed by atoms with Crippen molar-refractivity contribution in [3.63, 3.8) is 0 Å². The number of rotatable bonds is 1. The fourth-order valence-electron chi connectivity index (χ4n) is 2.20. The van der Waals surface area contributed by atoms with Crippen molar-refractivity contribution in [2.75, 3.05) is 6.54 Å². The third-order valence-corrected chi connectivity index (χ3v) is 3.01. The third kappa shape index (κ3) is 1.35. The van der Waals surface area contributed by atoms with Gasteiger partial charge in [-0.1, -0.05) is 18.2 Å². The molecule has 0 amide bonds. The Balaban J connectivity index is 2.14. The molecule has 3 rings (SSSR count). The van der Waals surface area contributed by atoms with Crippen molar-refractivity contribution in [2.24, 2.45) is 5.73 Å². The van der Waals surface area contributed by atoms with Gasteiger partial charge in [0.25, 0.3) is 0 Å². The highest BCUT2D eigenvalue weighted by atomic mass is 16.5. The van der Waals surface area contributed by atoms with Crippen LogP contribution in [0.5, 0.6) is 0 Å². The van der Waals surface area contributed by atoms with Crippen molar-refractivity contribution in [1.29, 1.82) is 0 Å². The van der Waals surface area contributed by atoms with E-state index < -0.39 is 0 Å². The number of nitrogens with zero attached hydrogens (tertiary/aromatic N) is 1. The van der Waals surface area contributed by atoms with Crippen molar-refractivity contribution in [3.05, 3.63) is 36.0 Å². The predicted molar refractivity (Wildman–Crippen MR) is 59.6 cm³/mol. The molecular formula is C12H14N2O. The van der Waals surface area contributed by atoms with Crippen molar-refractivity contribution < 1.29 is 4.74 Å². The molecule has 0 spiro atoms. The molecule has 2 N–H and O–H groups in total. The van der Waals surface area contributed by atoms with Gasteiger partial charge in [0.2, 0.25) is 0 Å². The Morgan fingerprint density at radius 3 is 3.13 bits per heavy atom. The van der Waals surface area contributed by atoms with Gasteiger partial charge in [-0.05, 0) is 17.5 Å². The monoisotopic (exact) mass is 202 g/mol. The van der Waals surface area contributed by atoms with Crippen LogP contribution in [-0.4, -0.2) is 17.2 Å². The van der Waals surface area contributed by atoms with E-state index in [4.69, 9.17) is 10.5 Å². The Hall–Kier alpha value is -1.32. The molecule has 0 aliphatic carbocycles. The van der Waals surface area contributed by atoms with Gasteiger partial charge >= 0.3 is 0 Å². The fourth-order valence-corrected chi connectivity index (χ4v) is 2.20. The first-order chi connectivity index (χ1) is 7.38. The molecule has 3 nitrogen and oxygen atoms in total. The molecule has 0 radical (unpaired) electrons. The molecule has 1 aromatic heterocycles. The van der Waals surface area contributed by atoms with Crippen LogP contribution in [0.2, 0.25) is 0 Å². The Morgan fingerprint density at radius 2 is 2.27 bits per heavy atom. The van der Waals surface area contributed by atoms with Gasteiger partial charge in [0.05, 0.1) is 19.3 Å². The molecule has 1 aliphatic heterocycles. The fraction of sp³-hybridized carbons (Fsp3) is 0.333. The number of fused-ring (bicyclic) bond motifs is 3. The van der Waals surface area contributed by atoms with E-state index in [0.29, 0.717) is 13.2 Å². The van der Waals surface area contributed by atoms with Crippen LogP contribution in [-0.2, 0) is 17.9 Å². The van der Waals surface area contributed by atoms with E-state index in [-0.39, 0.29) is 6.10 Å². The normalized spacial score (nSPS) is 20.5. The average molecular weight is 202 g/mol. The quantitative estimate of drug-likeness (QED) is 0.761. The summed E-state index contributed by atoms with van der Waals surface area (Å²) in [7, 11) is 0. The number of benzene rings is 1. The Kier molecular flexibility index (Phi) is 2.01. The maximum absolute atomic E-state index is 5.64. The summed E-state index contributed by atoms with van der Waals surface area (Å²) in [5.41, 5.74) is 8.17. The van der Waals surface area contributed by atoms with E-state index >= 15 is 0 Å². The summed E-state index contributed by atoms with van der Waals surface area (Å²) < 4.78 is 7.95. The van der Waals surface area contributed by atoms with Gasteiger partial charge in [-0.25, -0.2) is 0 Å². The molecule has 3 heteroatoms. The molecule has 0 saturated carbocycles. The van der Waals surface area contributed by atoms with Gasteiger partial charge in [-0.3, -0.25) is 0 Å². The third-order valence-electron chi connectivity index (χ3n) is 3.01. The largest absolute Gasteiger partial charge is 0.369 e. The average Bonchev–Trinajstić information content (AvgIpc) is 2.66. The van der Waals surface area contributed by atoms with Gasteiger partial charge in [-0.2, -0.15) is 0 Å². The van der Waals surface area contributed by atoms with Crippen molar-refractivity contribution in [2.45, 2.75) is 19.3 Å². The van der Waals surface area contributed by atoms with Crippen molar-refractivity contribution >= 4 is 10.9 Å². The van der Waals surface area contributed by atoms with Crippen LogP contribution in [0.25, 0.3) is 10.9 Å². The van der Waals surface area contributed by atoms with Crippen LogP contribution in [0.4, 0.5) is 0 Å². The van der Waals surface area contributed by atoms with Gasteiger partial charge < -0.3 is 15.0 Å². The summed E-state index contributed by atoms with van der Waals surface area (Å²) in [5, 5.41) is 1.29. The molecule has 1 unspecified atom stereocenters. The first-order valence-corrected chi connectivity index (χ1v) is 5.27. The summed E-state index contributed by atoms with van der Waals surface area (Å²) in [5.74, 6) is 0. The molecule has 1 aromatic carbocycles. The van der Waals surface area contributed by atoms with Crippen LogP contribution in [0.1, 0.15) is 5.69 Å². The highest BCUT2D eigenvalue weighted by Crippen LogP contribution is 2.24. The van der Waals surface area contributed by atoms with E-state index in [1.54, 1.807) is 0 Å². The summed E-state index contributed by atoms with van der Waals surface area (Å²) in [6.45, 7) is 2.14. The van der Waals surface area contributed by atoms with E-state index in [1.807, 2.05) is 0 Å². The molecule has 2 aromatic rings. The second-order valence-electron chi connectivity index (χ2n) is 3.97. The molecule has 78 valence electrons. The van der Waals surface area contributed by atoms with Crippen LogP contribution < -0.4 is 5.73 Å². The lowest BCUT2D eigenvalue weighted by Crippen LogP contribution is -2.33. The van der Waals surface area contributed by atoms with Gasteiger partial charge in [-0.15, -0.1) is 0 Å². The van der Waals surface area contributed by atoms with E-state index in [1.165, 1.54) is 16.6 Å². The predicted octanol–water partition coefficient (Wildman–Crippen LogP) is 1.50. The van der Waals surface area contributed by atoms with Crippen molar-refractivity contribution in [1.82, 2.24) is 4.57 Å². The van der Waals surface area contributed by atoms with Crippen LogP contribution >= 0.6 is 0 Å². The zero-order chi connectivity index (χ0) is 10.3. The summed E-state index contributed by atoms with van der Waals surface area (Å²) in [6.07, 6.45) is 0.160. The highest BCUT2D eigenvalue weighted by Gasteiger charge is 2.19. The minimum atomic E-state index is 0.160. The summed E-state index contributed by atoms with van der Waals surface area (Å²) >= 11 is 0. The zero-order valence-electron chi connectivity index (χ0n) is 8.52. The van der Waals surface area contributed by atoms with Crippen molar-refractivity contribution in [3.8, 4) is 0 Å². The first kappa shape index (κ1) is 8.95. The lowest BCUT2D eigenvalue weighted by atomic mass is 10.2. The molecule has 1 aliphatic rings. The number of aromatic nitrogens is 1. The molecule has 1 atom stereocenters. The van der Waals surface area contributed by atoms with Gasteiger partial charge in [0.1, 0.15) is 0 Å².